The van der Waals surface area contributed by atoms with E-state index in [4.69, 9.17) is 53.1 Å². The molecule has 4 atom stereocenters. The van der Waals surface area contributed by atoms with Gasteiger partial charge in [0.05, 0.1) is 136 Å². The van der Waals surface area contributed by atoms with Crippen LogP contribution in [0.15, 0.2) is 72.8 Å². The summed E-state index contributed by atoms with van der Waals surface area (Å²) in [6.45, 7) is 16.0. The van der Waals surface area contributed by atoms with Crippen LogP contribution in [-0.2, 0) is 117 Å². The molecule has 0 bridgehead atoms. The third kappa shape index (κ3) is 38.6. The average Bonchev–Trinajstić information content (AvgIpc) is 1.42. The first-order chi connectivity index (χ1) is 55.8. The highest BCUT2D eigenvalue weighted by molar-refractivity contribution is 5.99. The maximum Gasteiger partial charge on any atom is 0.312 e. The van der Waals surface area contributed by atoms with Crippen molar-refractivity contribution in [2.24, 2.45) is 29.4 Å². The Morgan fingerprint density at radius 1 is 0.565 bits per heavy atom. The van der Waals surface area contributed by atoms with Gasteiger partial charge in [0, 0.05) is 99.8 Å². The van der Waals surface area contributed by atoms with Gasteiger partial charge in [-0.2, -0.15) is 0 Å². The molecule has 2 heterocycles. The van der Waals surface area contributed by atoms with Gasteiger partial charge in [0.1, 0.15) is 36.6 Å². The van der Waals surface area contributed by atoms with Gasteiger partial charge in [0.2, 0.25) is 29.5 Å². The highest BCUT2D eigenvalue weighted by Gasteiger charge is 2.33. The summed E-state index contributed by atoms with van der Waals surface area (Å²) in [5, 5.41) is 23.0. The van der Waals surface area contributed by atoms with E-state index in [2.05, 4.69) is 48.7 Å². The number of nitrogens with one attached hydrogen (secondary N) is 5. The van der Waals surface area contributed by atoms with Gasteiger partial charge in [-0.05, 0) is 105 Å². The number of para-hydroxylation sites is 1. The van der Waals surface area contributed by atoms with Crippen LogP contribution in [0.4, 0.5) is 16.2 Å². The topological polar surface area (TPSA) is 383 Å². The fourth-order valence-electron chi connectivity index (χ4n) is 12.7. The number of hydrogen-bond acceptors (Lipinski definition) is 22. The lowest BCUT2D eigenvalue weighted by Crippen LogP contribution is -2.48. The second-order valence-corrected chi connectivity index (χ2v) is 29.1. The van der Waals surface area contributed by atoms with Crippen LogP contribution < -0.4 is 37.2 Å². The SMILES string of the molecule is CCCNC(=O)CCOCCOCCOCCOCCn1nnc2c1CCCCCC2OCC(=O)NCCCC[C@@H](CC(=O)CCOCCOCCOCCOCCCC(=O)CCC(=O)N1Cc2ccccc2C#Cc2ccccc21)C(=O)N[C@H](C(=O)C[C@@H](CCCNC(N)=O)C(=O)Nc1ccc(COC(=O)C(C)C)cc1)C(C)C. The molecule has 1 aliphatic carbocycles. The number of ether oxygens (including phenoxy) is 10. The van der Waals surface area contributed by atoms with E-state index in [-0.39, 0.29) is 139 Å². The zero-order valence-corrected chi connectivity index (χ0v) is 68.1. The second-order valence-electron chi connectivity index (χ2n) is 29.1. The molecule has 30 nitrogen and oxygen atoms in total. The van der Waals surface area contributed by atoms with Gasteiger partial charge in [-0.25, -0.2) is 9.48 Å². The number of anilines is 2. The number of benzene rings is 3. The molecular weight excluding hydrogens is 1480 g/mol. The first-order valence-corrected chi connectivity index (χ1v) is 40.9. The van der Waals surface area contributed by atoms with Crippen molar-refractivity contribution < 1.29 is 95.3 Å². The molecule has 1 unspecified atom stereocenters. The number of aromatic nitrogens is 3. The van der Waals surface area contributed by atoms with Crippen molar-refractivity contribution in [3.8, 4) is 11.8 Å². The Bertz CT molecular complexity index is 3670. The van der Waals surface area contributed by atoms with Crippen LogP contribution in [0.3, 0.4) is 0 Å². The average molecular weight is 1610 g/mol. The van der Waals surface area contributed by atoms with Crippen molar-refractivity contribution in [1.29, 1.82) is 0 Å². The molecule has 0 radical (unpaired) electrons. The Hall–Kier alpha value is -8.90. The molecule has 7 amide bonds. The molecule has 4 aromatic rings. The molecule has 3 aromatic carbocycles. The molecule has 7 N–H and O–H groups in total. The largest absolute Gasteiger partial charge is 0.461 e. The number of rotatable bonds is 61. The van der Waals surface area contributed by atoms with Crippen LogP contribution in [0.25, 0.3) is 0 Å². The maximum atomic E-state index is 14.5. The summed E-state index contributed by atoms with van der Waals surface area (Å²) < 4.78 is 58.7. The Morgan fingerprint density at radius 3 is 1.83 bits per heavy atom. The van der Waals surface area contributed by atoms with E-state index >= 15 is 0 Å². The molecule has 2 aliphatic rings. The summed E-state index contributed by atoms with van der Waals surface area (Å²) in [6, 6.07) is 20.3. The van der Waals surface area contributed by atoms with E-state index in [1.165, 1.54) is 0 Å². The van der Waals surface area contributed by atoms with Crippen molar-refractivity contribution >= 4 is 70.3 Å². The lowest BCUT2D eigenvalue weighted by atomic mass is 9.88. The number of nitrogens with two attached hydrogens (primary N) is 1. The van der Waals surface area contributed by atoms with Crippen molar-refractivity contribution in [2.75, 3.05) is 142 Å². The molecule has 634 valence electrons. The Balaban J connectivity index is 0.915. The number of carbonyl (C=O) groups excluding carboxylic acids is 10. The van der Waals surface area contributed by atoms with Gasteiger partial charge in [0.25, 0.3) is 0 Å². The van der Waals surface area contributed by atoms with Gasteiger partial charge in [-0.15, -0.1) is 5.10 Å². The van der Waals surface area contributed by atoms with Gasteiger partial charge >= 0.3 is 12.0 Å². The number of ketones is 3. The number of nitrogens with zero attached hydrogens (tertiary/aromatic N) is 4. The summed E-state index contributed by atoms with van der Waals surface area (Å²) in [5.41, 5.74) is 11.4. The van der Waals surface area contributed by atoms with E-state index in [1.807, 2.05) is 60.1 Å². The normalized spacial score (nSPS) is 13.9. The van der Waals surface area contributed by atoms with Crippen LogP contribution >= 0.6 is 0 Å². The Morgan fingerprint density at radius 2 is 1.17 bits per heavy atom. The molecule has 0 saturated carbocycles. The first-order valence-electron chi connectivity index (χ1n) is 40.9. The number of Topliss-reactive ketones (excluding diaryl/α,β-unsaturated/α-hetero) is 3. The van der Waals surface area contributed by atoms with E-state index in [9.17, 15) is 47.9 Å². The van der Waals surface area contributed by atoms with Crippen LogP contribution in [0.1, 0.15) is 190 Å². The summed E-state index contributed by atoms with van der Waals surface area (Å²) >= 11 is 0. The standard InChI is InChI=1S/C85H124N10O20/c1-6-37-87-77(99)36-43-108-47-51-112-55-56-113-52-48-109-44-40-95-74-25-8-7-9-26-76(81(74)92-93-95)114-61-78(100)88-38-15-14-20-67(83(103)91-80(62(2)3)75(98)58-68(22-16-39-89-85(86)105)82(102)90-70-31-27-64(28-32-70)60-115-84(104)63(4)5)57-72(97)35-42-107-46-50-111-54-53-110-49-45-106-41-17-23-71(96)33-34-79(101)94-59-69-21-11-10-18-65(69)29-30-66-19-12-13-24-73(66)94/h10-13,18-19,21,24,27-28,31-32,62-63,67-68,76,80H,6-9,14-17,20,22-23,25-26,33-61H2,1-5H3,(H,87,99)(H,88,100)(H,90,102)(H,91,103)(H3,86,89,105)/t67-,68+,76?,80-/m0/s1. The monoisotopic (exact) mass is 1600 g/mol. The zero-order valence-electron chi connectivity index (χ0n) is 68.1. The number of esters is 1. The van der Waals surface area contributed by atoms with Crippen molar-refractivity contribution in [3.05, 3.63) is 106 Å². The summed E-state index contributed by atoms with van der Waals surface area (Å²) in [4.78, 5) is 133. The van der Waals surface area contributed by atoms with Crippen LogP contribution in [0.5, 0.6) is 0 Å². The molecule has 1 aromatic heterocycles. The number of hydrogen-bond donors (Lipinski definition) is 6. The van der Waals surface area contributed by atoms with Crippen molar-refractivity contribution in [1.82, 2.24) is 36.3 Å². The highest BCUT2D eigenvalue weighted by atomic mass is 16.6. The van der Waals surface area contributed by atoms with Crippen molar-refractivity contribution in [2.45, 2.75) is 188 Å². The lowest BCUT2D eigenvalue weighted by Gasteiger charge is -2.26. The molecule has 6 rings (SSSR count). The molecular formula is C85H124N10O20. The molecule has 0 saturated heterocycles. The van der Waals surface area contributed by atoms with E-state index < -0.39 is 53.5 Å². The molecule has 30 heteroatoms. The van der Waals surface area contributed by atoms with Crippen molar-refractivity contribution in [3.63, 3.8) is 0 Å². The Labute approximate surface area is 677 Å². The lowest BCUT2D eigenvalue weighted by molar-refractivity contribution is -0.148. The fourth-order valence-corrected chi connectivity index (χ4v) is 12.7. The third-order valence-electron chi connectivity index (χ3n) is 19.1. The van der Waals surface area contributed by atoms with Crippen LogP contribution in [0, 0.1) is 35.5 Å². The summed E-state index contributed by atoms with van der Waals surface area (Å²) in [5.74, 6) is 1.49. The number of fused-ring (bicyclic) bond motifs is 3. The van der Waals surface area contributed by atoms with Gasteiger partial charge in [0.15, 0.2) is 5.78 Å². The van der Waals surface area contributed by atoms with E-state index in [0.29, 0.717) is 161 Å². The minimum Gasteiger partial charge on any atom is -0.461 e. The fraction of sp³-hybridized carbons (Fsp3) is 0.624. The van der Waals surface area contributed by atoms with E-state index in [1.54, 1.807) is 56.9 Å². The van der Waals surface area contributed by atoms with Gasteiger partial charge in [-0.1, -0.05) is 113 Å². The zero-order chi connectivity index (χ0) is 82.6. The minimum absolute atomic E-state index is 0.00363. The van der Waals surface area contributed by atoms with Crippen LogP contribution in [0.2, 0.25) is 0 Å². The molecule has 0 fully saturated rings. The molecule has 0 spiro atoms. The third-order valence-corrected chi connectivity index (χ3v) is 19.1. The maximum absolute atomic E-state index is 14.5. The minimum atomic E-state index is -1.04. The molecule has 1 aliphatic heterocycles. The quantitative estimate of drug-likeness (QED) is 0.0137. The van der Waals surface area contributed by atoms with E-state index in [0.717, 1.165) is 60.2 Å². The number of unbranched alkanes of at least 4 members (excludes halogenated alkanes) is 1. The van der Waals surface area contributed by atoms with Gasteiger partial charge in [-0.3, -0.25) is 43.2 Å². The number of urea groups is 1. The number of primary amides is 1. The second kappa shape index (κ2) is 56.4. The number of carbonyl (C=O) groups is 10. The predicted octanol–water partition coefficient (Wildman–Crippen LogP) is 8.33. The number of amides is 7. The van der Waals surface area contributed by atoms with Gasteiger partial charge < -0.3 is 84.6 Å². The first kappa shape index (κ1) is 94.9. The Kier molecular flexibility index (Phi) is 46.6. The highest BCUT2D eigenvalue weighted by Crippen LogP contribution is 2.31. The summed E-state index contributed by atoms with van der Waals surface area (Å²) in [7, 11) is 0. The summed E-state index contributed by atoms with van der Waals surface area (Å²) in [6.07, 6.45) is 7.27. The predicted molar refractivity (Wildman–Crippen MR) is 430 cm³/mol. The molecule has 115 heavy (non-hydrogen) atoms. The van der Waals surface area contributed by atoms with Crippen LogP contribution in [-0.4, -0.2) is 212 Å². The smallest absolute Gasteiger partial charge is 0.312 e.